The number of nitrogens with zero attached hydrogens (tertiary/aromatic N) is 3. The van der Waals surface area contributed by atoms with E-state index in [1.807, 2.05) is 0 Å². The number of anilines is 1. The number of aliphatic hydroxyl groups excluding tert-OH is 7. The molecule has 2 aliphatic heterocycles. The second kappa shape index (κ2) is 31.9. The molecule has 3 heterocycles. The maximum atomic E-state index is 13.8. The van der Waals surface area contributed by atoms with Crippen molar-refractivity contribution in [1.29, 1.82) is 0 Å². The van der Waals surface area contributed by atoms with Gasteiger partial charge in [-0.2, -0.15) is 11.8 Å². The summed E-state index contributed by atoms with van der Waals surface area (Å²) in [4.78, 5) is 52.4. The predicted molar refractivity (Wildman–Crippen MR) is 241 cm³/mol. The van der Waals surface area contributed by atoms with Gasteiger partial charge in [-0.1, -0.05) is 103 Å². The van der Waals surface area contributed by atoms with Crippen LogP contribution in [0.25, 0.3) is 0 Å². The van der Waals surface area contributed by atoms with Crippen LogP contribution in [0.15, 0.2) is 6.20 Å². The fraction of sp³-hybridized carbons (Fsp3) is 0.864. The van der Waals surface area contributed by atoms with Crippen molar-refractivity contribution in [3.05, 3.63) is 6.20 Å². The number of aromatic nitrogens is 3. The maximum absolute atomic E-state index is 13.8. The molecule has 12 atom stereocenters. The van der Waals surface area contributed by atoms with Gasteiger partial charge in [-0.05, 0) is 19.3 Å². The minimum Gasteiger partial charge on any atom is -0.462 e. The Balaban J connectivity index is 1.69. The highest BCUT2D eigenvalue weighted by Crippen LogP contribution is 2.33. The number of thioether (sulfide) groups is 1. The van der Waals surface area contributed by atoms with Crippen molar-refractivity contribution in [1.82, 2.24) is 20.3 Å². The van der Waals surface area contributed by atoms with Gasteiger partial charge in [0.25, 0.3) is 0 Å². The zero-order valence-corrected chi connectivity index (χ0v) is 39.6. The zero-order valence-electron chi connectivity index (χ0n) is 38.8. The van der Waals surface area contributed by atoms with Gasteiger partial charge < -0.3 is 70.1 Å². The van der Waals surface area contributed by atoms with Crippen LogP contribution in [-0.4, -0.2) is 173 Å². The molecule has 0 saturated carbocycles. The molecule has 21 nitrogen and oxygen atoms in total. The van der Waals surface area contributed by atoms with E-state index in [9.17, 15) is 54.9 Å². The topological polar surface area (TPSA) is 311 Å². The molecular formula is C44H77N5O16S. The fourth-order valence-corrected chi connectivity index (χ4v) is 8.51. The summed E-state index contributed by atoms with van der Waals surface area (Å²) in [6.07, 6.45) is -1.26. The number of amides is 2. The zero-order chi connectivity index (χ0) is 48.4. The van der Waals surface area contributed by atoms with Crippen molar-refractivity contribution in [2.75, 3.05) is 36.6 Å². The molecule has 22 heteroatoms. The molecule has 2 amide bonds. The van der Waals surface area contributed by atoms with Crippen molar-refractivity contribution < 1.29 is 78.6 Å². The first kappa shape index (κ1) is 57.3. The molecule has 9 N–H and O–H groups in total. The number of unbranched alkanes of at least 4 members (excludes halogenated alkanes) is 12. The Kier molecular flexibility index (Phi) is 27.7. The van der Waals surface area contributed by atoms with Crippen LogP contribution in [0.5, 0.6) is 0 Å². The summed E-state index contributed by atoms with van der Waals surface area (Å²) in [5, 5.41) is 86.0. The molecule has 1 aromatic rings. The van der Waals surface area contributed by atoms with Gasteiger partial charge in [-0.3, -0.25) is 19.2 Å². The number of aliphatic hydroxyl groups is 7. The number of nitrogens with one attached hydrogen (secondary N) is 2. The van der Waals surface area contributed by atoms with E-state index in [0.29, 0.717) is 19.3 Å². The van der Waals surface area contributed by atoms with E-state index in [2.05, 4.69) is 41.7 Å². The van der Waals surface area contributed by atoms with Gasteiger partial charge in [0.15, 0.2) is 18.3 Å². The molecule has 2 fully saturated rings. The van der Waals surface area contributed by atoms with Crippen LogP contribution in [0, 0.1) is 0 Å². The number of rotatable bonds is 33. The van der Waals surface area contributed by atoms with Crippen LogP contribution in [-0.2, 0) is 42.9 Å². The average Bonchev–Trinajstić information content (AvgIpc) is 3.77. The second-order valence-corrected chi connectivity index (χ2v) is 18.1. The Morgan fingerprint density at radius 2 is 1.30 bits per heavy atom. The molecule has 380 valence electrons. The summed E-state index contributed by atoms with van der Waals surface area (Å²) in [6, 6.07) is -1.11. The van der Waals surface area contributed by atoms with Crippen molar-refractivity contribution in [2.45, 2.75) is 210 Å². The molecule has 0 radical (unpaired) electrons. The van der Waals surface area contributed by atoms with E-state index in [1.54, 1.807) is 0 Å². The van der Waals surface area contributed by atoms with Crippen molar-refractivity contribution in [3.8, 4) is 0 Å². The van der Waals surface area contributed by atoms with E-state index in [1.165, 1.54) is 18.0 Å². The van der Waals surface area contributed by atoms with Crippen LogP contribution >= 0.6 is 11.8 Å². The normalized spacial score (nSPS) is 26.3. The van der Waals surface area contributed by atoms with Gasteiger partial charge in [0, 0.05) is 30.8 Å². The summed E-state index contributed by atoms with van der Waals surface area (Å²) >= 11 is 1.22. The van der Waals surface area contributed by atoms with Gasteiger partial charge in [-0.25, -0.2) is 4.68 Å². The van der Waals surface area contributed by atoms with Gasteiger partial charge in [0.2, 0.25) is 11.8 Å². The highest BCUT2D eigenvalue weighted by Gasteiger charge is 2.51. The smallest absolute Gasteiger partial charge is 0.306 e. The maximum Gasteiger partial charge on any atom is 0.306 e. The van der Waals surface area contributed by atoms with Crippen LogP contribution in [0.4, 0.5) is 5.82 Å². The van der Waals surface area contributed by atoms with Crippen LogP contribution in [0.2, 0.25) is 0 Å². The van der Waals surface area contributed by atoms with E-state index in [-0.39, 0.29) is 55.1 Å². The van der Waals surface area contributed by atoms with Crippen LogP contribution in [0.1, 0.15) is 143 Å². The minimum atomic E-state index is -1.84. The monoisotopic (exact) mass is 964 g/mol. The first-order valence-electron chi connectivity index (χ1n) is 23.8. The molecular weight excluding hydrogens is 887 g/mol. The number of carbonyl (C=O) groups excluding carboxylic acids is 4. The highest BCUT2D eigenvalue weighted by molar-refractivity contribution is 7.99. The number of hydrogen-bond donors (Lipinski definition) is 9. The average molecular weight is 964 g/mol. The molecule has 0 bridgehead atoms. The third-order valence-electron chi connectivity index (χ3n) is 11.4. The molecule has 3 rings (SSSR count). The van der Waals surface area contributed by atoms with E-state index < -0.39 is 98.6 Å². The van der Waals surface area contributed by atoms with Gasteiger partial charge in [0.05, 0.1) is 19.4 Å². The lowest BCUT2D eigenvalue weighted by Crippen LogP contribution is -2.63. The molecule has 2 aliphatic rings. The first-order valence-corrected chi connectivity index (χ1v) is 25.0. The standard InChI is InChI=1S/C44H77N5O16S/c1-4-7-10-13-16-19-33(52)45-29(27-66-26-28(62-35(54)21-18-15-12-9-6-3)25-61-34(53)20-17-14-11-8-5-2)42(60)46-32-22-49(48-47-32)43-39(58)38(57)41(31(24-51)63-43)65-44-40(59)37(56)36(55)30(23-50)64-44/h22,28-31,36-41,43-44,50-51,55-59H,4-21,23-27H2,1-3H3,(H,45,52)(H,46,60)/t28-,29-,30?,31?,36?,37?,38?,39?,40?,41?,43-,44?/m1/s1. The summed E-state index contributed by atoms with van der Waals surface area (Å²) in [5.41, 5.74) is 0. The molecule has 9 unspecified atom stereocenters. The van der Waals surface area contributed by atoms with Crippen molar-refractivity contribution in [2.24, 2.45) is 0 Å². The van der Waals surface area contributed by atoms with Crippen molar-refractivity contribution in [3.63, 3.8) is 0 Å². The minimum absolute atomic E-state index is 0.0304. The lowest BCUT2D eigenvalue weighted by Gasteiger charge is -2.45. The van der Waals surface area contributed by atoms with Crippen LogP contribution in [0.3, 0.4) is 0 Å². The Hall–Kier alpha value is -3.03. The molecule has 66 heavy (non-hydrogen) atoms. The lowest BCUT2D eigenvalue weighted by atomic mass is 9.96. The van der Waals surface area contributed by atoms with Crippen molar-refractivity contribution >= 4 is 41.3 Å². The van der Waals surface area contributed by atoms with Gasteiger partial charge in [0.1, 0.15) is 67.6 Å². The van der Waals surface area contributed by atoms with Crippen LogP contribution < -0.4 is 10.6 Å². The van der Waals surface area contributed by atoms with E-state index in [4.69, 9.17) is 23.7 Å². The molecule has 2 saturated heterocycles. The molecule has 0 aliphatic carbocycles. The fourth-order valence-electron chi connectivity index (χ4n) is 7.48. The van der Waals surface area contributed by atoms with E-state index in [0.717, 1.165) is 81.7 Å². The highest BCUT2D eigenvalue weighted by atomic mass is 32.2. The Bertz CT molecular complexity index is 1540. The SMILES string of the molecule is CCCCCCCC(=O)N[C@H](CSC[C@@H](COC(=O)CCCCCCC)OC(=O)CCCCCCC)C(=O)Nc1cn([C@@H]2OC(CO)C(OC3OC(CO)C(O)C(O)C3O)C(O)C2O)nn1. The summed E-state index contributed by atoms with van der Waals surface area (Å²) in [7, 11) is 0. The summed E-state index contributed by atoms with van der Waals surface area (Å²) in [5.74, 6) is -1.76. The predicted octanol–water partition coefficient (Wildman–Crippen LogP) is 1.77. The number of esters is 2. The largest absolute Gasteiger partial charge is 0.462 e. The third-order valence-corrected chi connectivity index (χ3v) is 12.6. The second-order valence-electron chi connectivity index (χ2n) is 17.0. The quantitative estimate of drug-likeness (QED) is 0.0358. The number of ether oxygens (including phenoxy) is 5. The third kappa shape index (κ3) is 19.5. The Morgan fingerprint density at radius 3 is 1.91 bits per heavy atom. The molecule has 0 spiro atoms. The Labute approximate surface area is 392 Å². The molecule has 0 aromatic carbocycles. The number of carbonyl (C=O) groups is 4. The van der Waals surface area contributed by atoms with E-state index >= 15 is 0 Å². The lowest BCUT2D eigenvalue weighted by molar-refractivity contribution is -0.347. The molecule has 1 aromatic heterocycles. The van der Waals surface area contributed by atoms with Gasteiger partial charge >= 0.3 is 11.9 Å². The first-order chi connectivity index (χ1) is 31.8. The summed E-state index contributed by atoms with van der Waals surface area (Å²) in [6.45, 7) is 4.63. The summed E-state index contributed by atoms with van der Waals surface area (Å²) < 4.78 is 29.1. The Morgan fingerprint density at radius 1 is 0.712 bits per heavy atom. The number of hydrogen-bond acceptors (Lipinski definition) is 19. The van der Waals surface area contributed by atoms with Gasteiger partial charge in [-0.15, -0.1) is 5.10 Å².